The third-order valence-corrected chi connectivity index (χ3v) is 8.42. The van der Waals surface area contributed by atoms with Gasteiger partial charge in [0.25, 0.3) is 0 Å². The minimum absolute atomic E-state index is 0.0748. The number of anilines is 1. The number of rotatable bonds is 12. The molecule has 0 radical (unpaired) electrons. The molecule has 0 aliphatic rings. The number of hydrogen-bond donors (Lipinski definition) is 4. The van der Waals surface area contributed by atoms with Gasteiger partial charge in [-0.25, -0.2) is 26.3 Å². The van der Waals surface area contributed by atoms with E-state index in [1.54, 1.807) is 0 Å². The number of benzene rings is 3. The average Bonchev–Trinajstić information content (AvgIpc) is 2.81. The molecule has 184 valence electrons. The molecule has 0 saturated heterocycles. The van der Waals surface area contributed by atoms with Crippen molar-refractivity contribution in [3.8, 4) is 0 Å². The van der Waals surface area contributed by atoms with E-state index in [4.69, 9.17) is 0 Å². The monoisotopic (exact) mass is 508 g/mol. The topological polar surface area (TPSA) is 154 Å². The normalized spacial score (nSPS) is 12.3. The maximum Gasteiger partial charge on any atom is 0.240 e. The lowest BCUT2D eigenvalue weighted by molar-refractivity contribution is 0.390. The van der Waals surface area contributed by atoms with Crippen LogP contribution in [-0.2, 0) is 20.0 Å². The summed E-state index contributed by atoms with van der Waals surface area (Å²) in [6, 6.07) is 8.26. The van der Waals surface area contributed by atoms with Crippen molar-refractivity contribution >= 4 is 53.0 Å². The Morgan fingerprint density at radius 3 is 1.56 bits per heavy atom. The maximum absolute atomic E-state index is 12.7. The van der Waals surface area contributed by atoms with Crippen LogP contribution in [0.4, 0.5) is 11.4 Å². The van der Waals surface area contributed by atoms with Crippen molar-refractivity contribution in [2.24, 2.45) is 5.18 Å². The Balaban J connectivity index is 2.24. The Morgan fingerprint density at radius 1 is 0.765 bits per heavy atom. The van der Waals surface area contributed by atoms with Gasteiger partial charge >= 0.3 is 0 Å². The fourth-order valence-electron chi connectivity index (χ4n) is 3.65. The molecule has 3 rings (SSSR count). The molecule has 0 heterocycles. The van der Waals surface area contributed by atoms with Crippen LogP contribution in [-0.4, -0.2) is 35.1 Å². The highest BCUT2D eigenvalue weighted by atomic mass is 32.2. The lowest BCUT2D eigenvalue weighted by atomic mass is 9.99. The predicted molar refractivity (Wildman–Crippen MR) is 133 cm³/mol. The van der Waals surface area contributed by atoms with E-state index in [2.05, 4.69) is 20.1 Å². The highest BCUT2D eigenvalue weighted by molar-refractivity contribution is 7.89. The molecular weight excluding hydrogens is 480 g/mol. The third-order valence-electron chi connectivity index (χ3n) is 5.50. The second-order valence-corrected chi connectivity index (χ2v) is 11.4. The van der Waals surface area contributed by atoms with E-state index >= 15 is 0 Å². The zero-order valence-electron chi connectivity index (χ0n) is 19.0. The molecule has 0 atom stereocenters. The summed E-state index contributed by atoms with van der Waals surface area (Å²) in [5, 5.41) is 14.0. The molecular formula is C22H28N4O6S2. The summed E-state index contributed by atoms with van der Waals surface area (Å²) in [4.78, 5) is 11.8. The molecule has 0 saturated carbocycles. The molecule has 34 heavy (non-hydrogen) atoms. The molecule has 10 nitrogen and oxygen atoms in total. The lowest BCUT2D eigenvalue weighted by Crippen LogP contribution is -2.24. The number of nitrogens with zero attached hydrogens (tertiary/aromatic N) is 1. The van der Waals surface area contributed by atoms with Gasteiger partial charge in [0.2, 0.25) is 20.0 Å². The Kier molecular flexibility index (Phi) is 8.21. The van der Waals surface area contributed by atoms with Gasteiger partial charge in [-0.2, -0.15) is 0 Å². The Bertz CT molecular complexity index is 1320. The summed E-state index contributed by atoms with van der Waals surface area (Å²) in [6.07, 6.45) is 2.96. The standard InChI is InChI=1S/C22H28N4O6S2/c1-3-5-11-23-33(29,30)15-7-9-17-19(13-15)22(26-28)20-14-16(8-10-18(20)21(17)25-27)34(31,32)24-12-6-4-2/h7-10,13-14,23-25,27H,3-6,11-12H2,1-2H3. The fraction of sp³-hybridized carbons (Fsp3) is 0.364. The van der Waals surface area contributed by atoms with Crippen molar-refractivity contribution in [3.63, 3.8) is 0 Å². The number of hydrogen-bond acceptors (Lipinski definition) is 8. The summed E-state index contributed by atoms with van der Waals surface area (Å²) in [5.41, 5.74) is 2.16. The number of fused-ring (bicyclic) bond motifs is 2. The first-order chi connectivity index (χ1) is 16.2. The van der Waals surface area contributed by atoms with E-state index in [1.165, 1.54) is 36.4 Å². The van der Waals surface area contributed by atoms with Crippen LogP contribution in [0.2, 0.25) is 0 Å². The fourth-order valence-corrected chi connectivity index (χ4v) is 5.85. The molecule has 0 aliphatic heterocycles. The first-order valence-electron chi connectivity index (χ1n) is 11.0. The predicted octanol–water partition coefficient (Wildman–Crippen LogP) is 4.35. The molecule has 0 fully saturated rings. The van der Waals surface area contributed by atoms with Gasteiger partial charge in [-0.05, 0) is 42.3 Å². The summed E-state index contributed by atoms with van der Waals surface area (Å²) >= 11 is 0. The first-order valence-corrected chi connectivity index (χ1v) is 13.9. The van der Waals surface area contributed by atoms with Crippen LogP contribution < -0.4 is 14.9 Å². The molecule has 0 amide bonds. The van der Waals surface area contributed by atoms with Crippen LogP contribution in [0.15, 0.2) is 51.4 Å². The molecule has 0 spiro atoms. The second-order valence-electron chi connectivity index (χ2n) is 7.84. The number of unbranched alkanes of at least 4 members (excludes halogenated alkanes) is 2. The van der Waals surface area contributed by atoms with E-state index < -0.39 is 20.0 Å². The van der Waals surface area contributed by atoms with Crippen LogP contribution in [0.25, 0.3) is 21.5 Å². The van der Waals surface area contributed by atoms with Gasteiger partial charge in [0, 0.05) is 34.6 Å². The molecule has 12 heteroatoms. The van der Waals surface area contributed by atoms with Gasteiger partial charge in [0.15, 0.2) is 0 Å². The highest BCUT2D eigenvalue weighted by Gasteiger charge is 2.21. The van der Waals surface area contributed by atoms with Gasteiger partial charge in [0.05, 0.1) is 15.5 Å². The first kappa shape index (κ1) is 26.0. The van der Waals surface area contributed by atoms with Crippen LogP contribution in [0.5, 0.6) is 0 Å². The van der Waals surface area contributed by atoms with E-state index in [0.29, 0.717) is 23.6 Å². The summed E-state index contributed by atoms with van der Waals surface area (Å²) < 4.78 is 55.8. The quantitative estimate of drug-likeness (QED) is 0.123. The molecule has 0 bridgehead atoms. The number of nitroso groups, excluding NO2 is 1. The van der Waals surface area contributed by atoms with Crippen molar-refractivity contribution < 1.29 is 22.0 Å². The highest BCUT2D eigenvalue weighted by Crippen LogP contribution is 2.42. The Labute approximate surface area is 198 Å². The number of sulfonamides is 2. The minimum atomic E-state index is -3.85. The Hall–Kier alpha value is -2.64. The maximum atomic E-state index is 12.7. The zero-order valence-corrected chi connectivity index (χ0v) is 20.6. The molecule has 0 aliphatic carbocycles. The van der Waals surface area contributed by atoms with Gasteiger partial charge in [0.1, 0.15) is 5.69 Å². The average molecular weight is 509 g/mol. The summed E-state index contributed by atoms with van der Waals surface area (Å²) in [7, 11) is -7.70. The van der Waals surface area contributed by atoms with Crippen LogP contribution >= 0.6 is 0 Å². The van der Waals surface area contributed by atoms with E-state index in [-0.39, 0.29) is 45.0 Å². The van der Waals surface area contributed by atoms with Crippen molar-refractivity contribution in [1.29, 1.82) is 0 Å². The molecule has 3 aromatic carbocycles. The van der Waals surface area contributed by atoms with Crippen molar-refractivity contribution in [1.82, 2.24) is 9.44 Å². The molecule has 4 N–H and O–H groups in total. The summed E-state index contributed by atoms with van der Waals surface area (Å²) in [6.45, 7) is 4.41. The van der Waals surface area contributed by atoms with Gasteiger partial charge in [-0.3, -0.25) is 10.7 Å². The molecule has 3 aromatic rings. The van der Waals surface area contributed by atoms with Gasteiger partial charge < -0.3 is 0 Å². The molecule has 0 unspecified atom stereocenters. The van der Waals surface area contributed by atoms with E-state index in [1.807, 2.05) is 13.8 Å². The van der Waals surface area contributed by atoms with E-state index in [9.17, 15) is 26.9 Å². The van der Waals surface area contributed by atoms with Crippen LogP contribution in [0.1, 0.15) is 39.5 Å². The van der Waals surface area contributed by atoms with Crippen molar-refractivity contribution in [2.75, 3.05) is 18.6 Å². The third kappa shape index (κ3) is 5.20. The van der Waals surface area contributed by atoms with Crippen LogP contribution in [0, 0.1) is 4.91 Å². The smallest absolute Gasteiger partial charge is 0.240 e. The summed E-state index contributed by atoms with van der Waals surface area (Å²) in [5.74, 6) is 0. The number of nitrogens with one attached hydrogen (secondary N) is 3. The van der Waals surface area contributed by atoms with Crippen molar-refractivity contribution in [3.05, 3.63) is 41.3 Å². The molecule has 0 aromatic heterocycles. The second kappa shape index (κ2) is 10.7. The van der Waals surface area contributed by atoms with Gasteiger partial charge in [-0.15, -0.1) is 4.91 Å². The lowest BCUT2D eigenvalue weighted by Gasteiger charge is -2.15. The SMILES string of the molecule is CCCCNS(=O)(=O)c1ccc2c(NO)c3ccc(S(=O)(=O)NCCCC)cc3c(N=O)c2c1. The van der Waals surface area contributed by atoms with Crippen LogP contribution in [0.3, 0.4) is 0 Å². The van der Waals surface area contributed by atoms with Crippen molar-refractivity contribution in [2.45, 2.75) is 49.3 Å². The minimum Gasteiger partial charge on any atom is -0.291 e. The Morgan fingerprint density at radius 2 is 1.21 bits per heavy atom. The largest absolute Gasteiger partial charge is 0.291 e. The van der Waals surface area contributed by atoms with Gasteiger partial charge in [-0.1, -0.05) is 38.8 Å². The zero-order chi connectivity index (χ0) is 24.9. The van der Waals surface area contributed by atoms with E-state index in [0.717, 1.165) is 12.8 Å².